The van der Waals surface area contributed by atoms with Crippen molar-refractivity contribution in [2.45, 2.75) is 33.7 Å². The zero-order chi connectivity index (χ0) is 15.4. The van der Waals surface area contributed by atoms with Crippen molar-refractivity contribution >= 4 is 11.9 Å². The monoisotopic (exact) mass is 290 g/mol. The van der Waals surface area contributed by atoms with Crippen LogP contribution in [0.15, 0.2) is 18.5 Å². The molecule has 0 aliphatic rings. The van der Waals surface area contributed by atoms with Crippen molar-refractivity contribution in [3.8, 4) is 5.95 Å². The van der Waals surface area contributed by atoms with E-state index in [4.69, 9.17) is 5.84 Å². The summed E-state index contributed by atoms with van der Waals surface area (Å²) in [4.78, 5) is 15.2. The molecule has 0 unspecified atom stereocenters. The molecule has 0 saturated heterocycles. The molecule has 21 heavy (non-hydrogen) atoms. The number of hydrogen-bond acceptors (Lipinski definition) is 7. The number of nitrogens with two attached hydrogens (primary N) is 1. The molecule has 2 aromatic rings. The molecule has 8 nitrogen and oxygen atoms in total. The Morgan fingerprint density at radius 1 is 1.24 bits per heavy atom. The van der Waals surface area contributed by atoms with Crippen LogP contribution in [-0.2, 0) is 0 Å². The molecule has 0 fully saturated rings. The zero-order valence-corrected chi connectivity index (χ0v) is 12.9. The van der Waals surface area contributed by atoms with E-state index in [1.54, 1.807) is 17.1 Å². The molecule has 0 radical (unpaired) electrons. The second-order valence-electron chi connectivity index (χ2n) is 5.49. The summed E-state index contributed by atoms with van der Waals surface area (Å²) in [5, 5.41) is 4.14. The quantitative estimate of drug-likeness (QED) is 0.609. The third kappa shape index (κ3) is 3.66. The van der Waals surface area contributed by atoms with E-state index in [1.807, 2.05) is 6.07 Å². The Hall–Kier alpha value is -2.22. The molecule has 0 aliphatic heterocycles. The lowest BCUT2D eigenvalue weighted by Crippen LogP contribution is -2.36. The lowest BCUT2D eigenvalue weighted by atomic mass is 10.2. The smallest absolute Gasteiger partial charge is 0.257 e. The second kappa shape index (κ2) is 6.49. The summed E-state index contributed by atoms with van der Waals surface area (Å²) in [6, 6.07) is 2.08. The van der Waals surface area contributed by atoms with Gasteiger partial charge < -0.3 is 4.90 Å². The minimum absolute atomic E-state index is 0.269. The van der Waals surface area contributed by atoms with E-state index in [2.05, 4.69) is 58.1 Å². The maximum Gasteiger partial charge on any atom is 0.257 e. The van der Waals surface area contributed by atoms with Gasteiger partial charge in [0, 0.05) is 25.0 Å². The Balaban J connectivity index is 2.44. The summed E-state index contributed by atoms with van der Waals surface area (Å²) >= 11 is 0. The van der Waals surface area contributed by atoms with Gasteiger partial charge in [-0.05, 0) is 25.8 Å². The largest absolute Gasteiger partial charge is 0.338 e. The summed E-state index contributed by atoms with van der Waals surface area (Å²) in [5.74, 6) is 7.31. The molecule has 0 aromatic carbocycles. The first kappa shape index (κ1) is 15.2. The number of nitrogen functional groups attached to an aromatic ring is 1. The first-order valence-corrected chi connectivity index (χ1v) is 7.00. The highest BCUT2D eigenvalue weighted by molar-refractivity contribution is 5.40. The molecule has 0 saturated carbocycles. The van der Waals surface area contributed by atoms with Crippen molar-refractivity contribution in [2.24, 2.45) is 11.8 Å². The first-order chi connectivity index (χ1) is 10.0. The Bertz CT molecular complexity index is 564. The average molecular weight is 290 g/mol. The van der Waals surface area contributed by atoms with Gasteiger partial charge in [0.05, 0.1) is 0 Å². The van der Waals surface area contributed by atoms with E-state index in [9.17, 15) is 0 Å². The molecule has 0 spiro atoms. The SMILES string of the molecule is CC(C)CN(c1nc(NN)nc(-n2cccn2)n1)C(C)C. The van der Waals surface area contributed by atoms with Gasteiger partial charge in [-0.1, -0.05) is 13.8 Å². The molecule has 2 heterocycles. The lowest BCUT2D eigenvalue weighted by molar-refractivity contribution is 0.558. The molecule has 3 N–H and O–H groups in total. The Kier molecular flexibility index (Phi) is 4.69. The summed E-state index contributed by atoms with van der Waals surface area (Å²) in [6.45, 7) is 9.38. The third-order valence-electron chi connectivity index (χ3n) is 2.89. The van der Waals surface area contributed by atoms with Crippen molar-refractivity contribution in [1.29, 1.82) is 0 Å². The molecule has 0 aliphatic carbocycles. The van der Waals surface area contributed by atoms with Gasteiger partial charge in [0.1, 0.15) is 0 Å². The molecule has 8 heteroatoms. The van der Waals surface area contributed by atoms with Crippen LogP contribution in [0.5, 0.6) is 0 Å². The van der Waals surface area contributed by atoms with Gasteiger partial charge in [0.15, 0.2) is 0 Å². The third-order valence-corrected chi connectivity index (χ3v) is 2.89. The number of rotatable bonds is 6. The predicted molar refractivity (Wildman–Crippen MR) is 82.1 cm³/mol. The van der Waals surface area contributed by atoms with E-state index in [0.717, 1.165) is 6.54 Å². The van der Waals surface area contributed by atoms with Crippen LogP contribution in [0.3, 0.4) is 0 Å². The van der Waals surface area contributed by atoms with E-state index in [1.165, 1.54) is 0 Å². The van der Waals surface area contributed by atoms with Crippen molar-refractivity contribution < 1.29 is 0 Å². The fraction of sp³-hybridized carbons (Fsp3) is 0.538. The van der Waals surface area contributed by atoms with Crippen LogP contribution < -0.4 is 16.2 Å². The lowest BCUT2D eigenvalue weighted by Gasteiger charge is -2.28. The van der Waals surface area contributed by atoms with Crippen LogP contribution in [0.2, 0.25) is 0 Å². The van der Waals surface area contributed by atoms with Gasteiger partial charge in [0.2, 0.25) is 11.9 Å². The summed E-state index contributed by atoms with van der Waals surface area (Å²) in [5.41, 5.74) is 2.49. The Morgan fingerprint density at radius 3 is 2.52 bits per heavy atom. The second-order valence-corrected chi connectivity index (χ2v) is 5.49. The van der Waals surface area contributed by atoms with Crippen molar-refractivity contribution in [3.05, 3.63) is 18.5 Å². The fourth-order valence-electron chi connectivity index (χ4n) is 1.95. The van der Waals surface area contributed by atoms with E-state index in [-0.39, 0.29) is 6.04 Å². The summed E-state index contributed by atoms with van der Waals surface area (Å²) < 4.78 is 1.58. The number of aromatic nitrogens is 5. The van der Waals surface area contributed by atoms with Gasteiger partial charge in [-0.3, -0.25) is 5.43 Å². The maximum atomic E-state index is 5.47. The zero-order valence-electron chi connectivity index (χ0n) is 12.9. The summed E-state index contributed by atoms with van der Waals surface area (Å²) in [7, 11) is 0. The van der Waals surface area contributed by atoms with Crippen molar-refractivity contribution in [1.82, 2.24) is 24.7 Å². The number of nitrogens with one attached hydrogen (secondary N) is 1. The van der Waals surface area contributed by atoms with Crippen LogP contribution in [-0.4, -0.2) is 37.3 Å². The Morgan fingerprint density at radius 2 is 2.00 bits per heavy atom. The van der Waals surface area contributed by atoms with Crippen LogP contribution in [0.1, 0.15) is 27.7 Å². The predicted octanol–water partition coefficient (Wildman–Crippen LogP) is 1.21. The molecule has 114 valence electrons. The van der Waals surface area contributed by atoms with E-state index >= 15 is 0 Å². The van der Waals surface area contributed by atoms with Crippen LogP contribution >= 0.6 is 0 Å². The normalized spacial score (nSPS) is 11.2. The van der Waals surface area contributed by atoms with Crippen LogP contribution in [0, 0.1) is 5.92 Å². The van der Waals surface area contributed by atoms with Crippen molar-refractivity contribution in [3.63, 3.8) is 0 Å². The standard InChI is InChI=1S/C13H22N8/c1-9(2)8-20(10(3)4)12-16-11(19-14)17-13(18-12)21-7-5-6-15-21/h5-7,9-10H,8,14H2,1-4H3,(H,16,17,18,19). The summed E-state index contributed by atoms with van der Waals surface area (Å²) in [6.07, 6.45) is 3.45. The molecule has 0 amide bonds. The van der Waals surface area contributed by atoms with E-state index < -0.39 is 0 Å². The first-order valence-electron chi connectivity index (χ1n) is 7.00. The van der Waals surface area contributed by atoms with Crippen LogP contribution in [0.4, 0.5) is 11.9 Å². The average Bonchev–Trinajstić information content (AvgIpc) is 2.98. The highest BCUT2D eigenvalue weighted by Crippen LogP contribution is 2.16. The maximum absolute atomic E-state index is 5.47. The molecule has 2 aromatic heterocycles. The topological polar surface area (TPSA) is 97.8 Å². The highest BCUT2D eigenvalue weighted by Gasteiger charge is 2.18. The number of nitrogens with zero attached hydrogens (tertiary/aromatic N) is 6. The van der Waals surface area contributed by atoms with Gasteiger partial charge in [-0.15, -0.1) is 0 Å². The number of hydrogen-bond donors (Lipinski definition) is 2. The van der Waals surface area contributed by atoms with Gasteiger partial charge in [-0.2, -0.15) is 20.1 Å². The van der Waals surface area contributed by atoms with Crippen molar-refractivity contribution in [2.75, 3.05) is 16.9 Å². The molecular formula is C13H22N8. The molecular weight excluding hydrogens is 268 g/mol. The highest BCUT2D eigenvalue weighted by atomic mass is 15.4. The van der Waals surface area contributed by atoms with Gasteiger partial charge in [0.25, 0.3) is 5.95 Å². The molecule has 0 atom stereocenters. The van der Waals surface area contributed by atoms with Crippen LogP contribution in [0.25, 0.3) is 5.95 Å². The van der Waals surface area contributed by atoms with Gasteiger partial charge >= 0.3 is 0 Å². The minimum atomic E-state index is 0.269. The number of hydrazine groups is 1. The van der Waals surface area contributed by atoms with E-state index in [0.29, 0.717) is 23.8 Å². The molecule has 2 rings (SSSR count). The Labute approximate surface area is 124 Å². The minimum Gasteiger partial charge on any atom is -0.338 e. The molecule has 0 bridgehead atoms. The van der Waals surface area contributed by atoms with Gasteiger partial charge in [-0.25, -0.2) is 10.5 Å². The fourth-order valence-corrected chi connectivity index (χ4v) is 1.95. The number of anilines is 2.